The topological polar surface area (TPSA) is 95.9 Å². The van der Waals surface area contributed by atoms with E-state index >= 15 is 0 Å². The van der Waals surface area contributed by atoms with Gasteiger partial charge in [-0.3, -0.25) is 9.59 Å². The Hall–Kier alpha value is -3.56. The zero-order valence-electron chi connectivity index (χ0n) is 19.3. The normalized spacial score (nSPS) is 13.7. The van der Waals surface area contributed by atoms with Crippen molar-refractivity contribution < 1.29 is 37.4 Å². The van der Waals surface area contributed by atoms with E-state index < -0.39 is 49.1 Å². The van der Waals surface area contributed by atoms with Crippen molar-refractivity contribution in [2.45, 2.75) is 50.9 Å². The van der Waals surface area contributed by atoms with E-state index in [0.29, 0.717) is 0 Å². The standard InChI is InChI=1S/C25H27F3N2O5/c1-15(2)30(12-11-23(32)33)22(31)13-21(25(26,27)28)29-24(34)35-14-20-18-9-5-3-7-16(18)17-8-4-6-10-19(17)20/h3-10,15,20-21H,11-14H2,1-2H3,(H,29,34)(H,32,33). The van der Waals surface area contributed by atoms with Gasteiger partial charge in [-0.25, -0.2) is 4.79 Å². The van der Waals surface area contributed by atoms with Crippen molar-refractivity contribution in [3.8, 4) is 11.1 Å². The highest BCUT2D eigenvalue weighted by molar-refractivity contribution is 5.80. The molecule has 0 heterocycles. The number of alkyl carbamates (subject to hydrolysis) is 1. The lowest BCUT2D eigenvalue weighted by atomic mass is 9.98. The lowest BCUT2D eigenvalue weighted by molar-refractivity contribution is -0.164. The summed E-state index contributed by atoms with van der Waals surface area (Å²) >= 11 is 0. The highest BCUT2D eigenvalue weighted by Gasteiger charge is 2.43. The summed E-state index contributed by atoms with van der Waals surface area (Å²) in [4.78, 5) is 36.7. The summed E-state index contributed by atoms with van der Waals surface area (Å²) < 4.78 is 46.0. The van der Waals surface area contributed by atoms with Gasteiger partial charge >= 0.3 is 18.2 Å². The van der Waals surface area contributed by atoms with Gasteiger partial charge in [-0.1, -0.05) is 48.5 Å². The van der Waals surface area contributed by atoms with Crippen LogP contribution in [0.15, 0.2) is 48.5 Å². The number of carboxylic acids is 1. The Morgan fingerprint density at radius 1 is 1.03 bits per heavy atom. The molecule has 2 N–H and O–H groups in total. The number of amides is 2. The molecular formula is C25H27F3N2O5. The molecule has 0 saturated carbocycles. The van der Waals surface area contributed by atoms with Crippen LogP contribution in [0.3, 0.4) is 0 Å². The molecule has 1 aliphatic carbocycles. The summed E-state index contributed by atoms with van der Waals surface area (Å²) in [5.41, 5.74) is 3.78. The first kappa shape index (κ1) is 26.1. The van der Waals surface area contributed by atoms with Crippen LogP contribution in [0.25, 0.3) is 11.1 Å². The number of nitrogens with one attached hydrogen (secondary N) is 1. The SMILES string of the molecule is CC(C)N(CCC(=O)O)C(=O)CC(NC(=O)OCC1c2ccccc2-c2ccccc21)C(F)(F)F. The molecule has 0 bridgehead atoms. The van der Waals surface area contributed by atoms with Gasteiger partial charge in [0.25, 0.3) is 0 Å². The number of halogens is 3. The molecule has 1 atom stereocenters. The van der Waals surface area contributed by atoms with E-state index in [1.165, 1.54) is 0 Å². The molecule has 10 heteroatoms. The second kappa shape index (κ2) is 10.8. The summed E-state index contributed by atoms with van der Waals surface area (Å²) in [6.45, 7) is 2.74. The van der Waals surface area contributed by atoms with Crippen LogP contribution in [-0.2, 0) is 14.3 Å². The quantitative estimate of drug-likeness (QED) is 0.535. The number of hydrogen-bond donors (Lipinski definition) is 2. The molecule has 2 amide bonds. The number of fused-ring (bicyclic) bond motifs is 3. The van der Waals surface area contributed by atoms with Crippen LogP contribution in [0.2, 0.25) is 0 Å². The maximum Gasteiger partial charge on any atom is 0.409 e. The number of rotatable bonds is 9. The third-order valence-corrected chi connectivity index (χ3v) is 5.92. The van der Waals surface area contributed by atoms with Crippen molar-refractivity contribution in [1.29, 1.82) is 0 Å². The van der Waals surface area contributed by atoms with Gasteiger partial charge in [-0.15, -0.1) is 0 Å². The van der Waals surface area contributed by atoms with E-state index in [-0.39, 0.29) is 19.1 Å². The molecule has 2 aromatic carbocycles. The minimum absolute atomic E-state index is 0.172. The van der Waals surface area contributed by atoms with E-state index in [9.17, 15) is 27.6 Å². The molecule has 3 rings (SSSR count). The average Bonchev–Trinajstić information content (AvgIpc) is 3.10. The largest absolute Gasteiger partial charge is 0.481 e. The molecule has 188 valence electrons. The Morgan fingerprint density at radius 2 is 1.57 bits per heavy atom. The number of benzene rings is 2. The lowest BCUT2D eigenvalue weighted by Crippen LogP contribution is -2.50. The molecule has 7 nitrogen and oxygen atoms in total. The van der Waals surface area contributed by atoms with Gasteiger partial charge < -0.3 is 20.1 Å². The maximum atomic E-state index is 13.6. The molecule has 35 heavy (non-hydrogen) atoms. The lowest BCUT2D eigenvalue weighted by Gasteiger charge is -2.29. The number of carboxylic acid groups (broad SMARTS) is 1. The van der Waals surface area contributed by atoms with Crippen molar-refractivity contribution in [3.05, 3.63) is 59.7 Å². The van der Waals surface area contributed by atoms with Crippen LogP contribution in [0.4, 0.5) is 18.0 Å². The zero-order chi connectivity index (χ0) is 25.8. The predicted octanol–water partition coefficient (Wildman–Crippen LogP) is 4.56. The van der Waals surface area contributed by atoms with Crippen molar-refractivity contribution in [2.24, 2.45) is 0 Å². The van der Waals surface area contributed by atoms with E-state index in [2.05, 4.69) is 0 Å². The van der Waals surface area contributed by atoms with Crippen LogP contribution >= 0.6 is 0 Å². The Balaban J connectivity index is 1.66. The second-order valence-electron chi connectivity index (χ2n) is 8.59. The third kappa shape index (κ3) is 6.32. The van der Waals surface area contributed by atoms with Crippen LogP contribution in [0, 0.1) is 0 Å². The van der Waals surface area contributed by atoms with E-state index in [0.717, 1.165) is 27.2 Å². The Kier molecular flexibility index (Phi) is 8.03. The first-order chi connectivity index (χ1) is 16.5. The number of hydrogen-bond acceptors (Lipinski definition) is 4. The number of alkyl halides is 3. The third-order valence-electron chi connectivity index (χ3n) is 5.92. The minimum Gasteiger partial charge on any atom is -0.481 e. The Labute approximate surface area is 200 Å². The van der Waals surface area contributed by atoms with Crippen LogP contribution in [-0.4, -0.2) is 59.4 Å². The molecule has 1 unspecified atom stereocenters. The van der Waals surface area contributed by atoms with Crippen LogP contribution in [0.5, 0.6) is 0 Å². The Morgan fingerprint density at radius 3 is 2.06 bits per heavy atom. The van der Waals surface area contributed by atoms with Gasteiger partial charge in [-0.05, 0) is 36.1 Å². The molecule has 0 aliphatic heterocycles. The minimum atomic E-state index is -4.91. The molecule has 1 aliphatic rings. The van der Waals surface area contributed by atoms with Gasteiger partial charge in [-0.2, -0.15) is 13.2 Å². The summed E-state index contributed by atoms with van der Waals surface area (Å²) in [5.74, 6) is -2.42. The van der Waals surface area contributed by atoms with Crippen LogP contribution in [0.1, 0.15) is 43.7 Å². The fourth-order valence-corrected chi connectivity index (χ4v) is 4.21. The van der Waals surface area contributed by atoms with Crippen molar-refractivity contribution in [1.82, 2.24) is 10.2 Å². The van der Waals surface area contributed by atoms with Gasteiger partial charge in [0.2, 0.25) is 5.91 Å². The first-order valence-electron chi connectivity index (χ1n) is 11.2. The molecule has 0 fully saturated rings. The summed E-state index contributed by atoms with van der Waals surface area (Å²) in [6.07, 6.45) is -7.66. The molecule has 0 aromatic heterocycles. The number of carbonyl (C=O) groups is 3. The van der Waals surface area contributed by atoms with Crippen molar-refractivity contribution >= 4 is 18.0 Å². The highest BCUT2D eigenvalue weighted by Crippen LogP contribution is 2.44. The van der Waals surface area contributed by atoms with Crippen LogP contribution < -0.4 is 5.32 Å². The fraction of sp³-hybridized carbons (Fsp3) is 0.400. The van der Waals surface area contributed by atoms with Gasteiger partial charge in [0, 0.05) is 18.5 Å². The molecule has 0 radical (unpaired) electrons. The molecule has 2 aromatic rings. The molecule has 0 spiro atoms. The summed E-state index contributed by atoms with van der Waals surface area (Å²) in [6, 6.07) is 12.1. The van der Waals surface area contributed by atoms with E-state index in [1.54, 1.807) is 19.2 Å². The predicted molar refractivity (Wildman–Crippen MR) is 122 cm³/mol. The maximum absolute atomic E-state index is 13.6. The van der Waals surface area contributed by atoms with Gasteiger partial charge in [0.15, 0.2) is 0 Å². The van der Waals surface area contributed by atoms with Crippen molar-refractivity contribution in [3.63, 3.8) is 0 Å². The highest BCUT2D eigenvalue weighted by atomic mass is 19.4. The number of nitrogens with zero attached hydrogens (tertiary/aromatic N) is 1. The average molecular weight is 492 g/mol. The zero-order valence-corrected chi connectivity index (χ0v) is 19.3. The van der Waals surface area contributed by atoms with Crippen molar-refractivity contribution in [2.75, 3.05) is 13.2 Å². The molecule has 0 saturated heterocycles. The van der Waals surface area contributed by atoms with Gasteiger partial charge in [0.05, 0.1) is 12.8 Å². The smallest absolute Gasteiger partial charge is 0.409 e. The first-order valence-corrected chi connectivity index (χ1v) is 11.2. The van der Waals surface area contributed by atoms with E-state index in [4.69, 9.17) is 9.84 Å². The Bertz CT molecular complexity index is 1040. The van der Waals surface area contributed by atoms with Gasteiger partial charge in [0.1, 0.15) is 12.6 Å². The summed E-state index contributed by atoms with van der Waals surface area (Å²) in [7, 11) is 0. The van der Waals surface area contributed by atoms with E-state index in [1.807, 2.05) is 48.5 Å². The fourth-order valence-electron chi connectivity index (χ4n) is 4.21. The number of carbonyl (C=O) groups excluding carboxylic acids is 2. The monoisotopic (exact) mass is 492 g/mol. The second-order valence-corrected chi connectivity index (χ2v) is 8.59. The number of ether oxygens (including phenoxy) is 1. The molecular weight excluding hydrogens is 465 g/mol. The number of aliphatic carboxylic acids is 1. The summed E-state index contributed by atoms with van der Waals surface area (Å²) in [5, 5.41) is 10.6.